The van der Waals surface area contributed by atoms with Crippen LogP contribution < -0.4 is 26.2 Å². The molecule has 3 heterocycles. The van der Waals surface area contributed by atoms with E-state index in [0.29, 0.717) is 56.4 Å². The maximum absolute atomic E-state index is 14.3. The van der Waals surface area contributed by atoms with Crippen LogP contribution in [-0.4, -0.2) is 117 Å². The number of methoxy groups -OCH3 is 1. The molecule has 0 bridgehead atoms. The molecule has 17 heteroatoms. The number of benzene rings is 1. The zero-order valence-electron chi connectivity index (χ0n) is 28.7. The average Bonchev–Trinajstić information content (AvgIpc) is 3.29. The summed E-state index contributed by atoms with van der Waals surface area (Å²) in [5.74, 6) is -3.80. The van der Waals surface area contributed by atoms with Gasteiger partial charge in [-0.2, -0.15) is 13.2 Å². The highest BCUT2D eigenvalue weighted by Gasteiger charge is 2.63. The highest BCUT2D eigenvalue weighted by atomic mass is 19.4. The molecule has 270 valence electrons. The van der Waals surface area contributed by atoms with E-state index in [1.54, 1.807) is 31.1 Å². The van der Waals surface area contributed by atoms with Gasteiger partial charge in [0.1, 0.15) is 12.0 Å². The van der Waals surface area contributed by atoms with E-state index in [1.165, 1.54) is 5.01 Å². The van der Waals surface area contributed by atoms with Crippen LogP contribution in [0.5, 0.6) is 5.75 Å². The van der Waals surface area contributed by atoms with Gasteiger partial charge in [-0.25, -0.2) is 15.1 Å². The number of Topliss-reactive ketones (excluding diaryl/α,β-unsaturated/α-hetero) is 1. The molecule has 0 radical (unpaired) electrons. The lowest BCUT2D eigenvalue weighted by atomic mass is 9.84. The summed E-state index contributed by atoms with van der Waals surface area (Å²) >= 11 is 0. The van der Waals surface area contributed by atoms with E-state index in [2.05, 4.69) is 10.9 Å². The minimum absolute atomic E-state index is 0.152. The van der Waals surface area contributed by atoms with E-state index in [0.717, 1.165) is 0 Å². The van der Waals surface area contributed by atoms with E-state index in [9.17, 15) is 27.6 Å². The number of nitrogens with two attached hydrogens (primary N) is 1. The first-order chi connectivity index (χ1) is 22.5. The summed E-state index contributed by atoms with van der Waals surface area (Å²) in [6.07, 6.45) is -8.88. The molecule has 48 heavy (non-hydrogen) atoms. The Labute approximate surface area is 279 Å². The van der Waals surface area contributed by atoms with Gasteiger partial charge in [-0.1, -0.05) is 26.2 Å². The number of alkyl halides is 3. The number of hydrazine groups is 1. The molecule has 5 unspecified atom stereocenters. The number of rotatable bonds is 11. The van der Waals surface area contributed by atoms with Crippen LogP contribution in [0.3, 0.4) is 0 Å². The topological polar surface area (TPSA) is 148 Å². The van der Waals surface area contributed by atoms with Gasteiger partial charge in [-0.15, -0.1) is 5.01 Å². The molecule has 1 aromatic rings. The minimum atomic E-state index is -5.39. The summed E-state index contributed by atoms with van der Waals surface area (Å²) in [5.41, 5.74) is 13.1. The van der Waals surface area contributed by atoms with Crippen LogP contribution in [0.25, 0.3) is 0 Å². The lowest BCUT2D eigenvalue weighted by Crippen LogP contribution is -2.69. The molecule has 0 aliphatic carbocycles. The number of hydrogen-bond donors (Lipinski definition) is 3. The van der Waals surface area contributed by atoms with Crippen LogP contribution in [0.15, 0.2) is 12.1 Å². The van der Waals surface area contributed by atoms with Crippen molar-refractivity contribution in [2.45, 2.75) is 78.2 Å². The second-order valence-electron chi connectivity index (χ2n) is 13.0. The van der Waals surface area contributed by atoms with Crippen molar-refractivity contribution in [3.8, 4) is 5.75 Å². The van der Waals surface area contributed by atoms with Gasteiger partial charge in [-0.05, 0) is 43.1 Å². The number of amides is 1. The Bertz CT molecular complexity index is 1330. The van der Waals surface area contributed by atoms with Crippen molar-refractivity contribution in [2.24, 2.45) is 11.7 Å². The zero-order chi connectivity index (χ0) is 35.6. The van der Waals surface area contributed by atoms with Crippen molar-refractivity contribution in [2.75, 3.05) is 64.6 Å². The van der Waals surface area contributed by atoms with Gasteiger partial charge in [0.05, 0.1) is 31.9 Å². The number of anilines is 1. The smallest absolute Gasteiger partial charge is 0.494 e. The summed E-state index contributed by atoms with van der Waals surface area (Å²) < 4.78 is 57.2. The Balaban J connectivity index is 1.81. The average molecular weight is 689 g/mol. The van der Waals surface area contributed by atoms with E-state index in [4.69, 9.17) is 24.8 Å². The number of hydrogen-bond acceptors (Lipinski definition) is 12. The van der Waals surface area contributed by atoms with E-state index in [1.807, 2.05) is 39.5 Å². The molecule has 3 aliphatic rings. The molecule has 14 nitrogen and oxygen atoms in total. The first-order valence-electron chi connectivity index (χ1n) is 16.3. The van der Waals surface area contributed by atoms with Gasteiger partial charge in [0.2, 0.25) is 24.4 Å². The molecule has 3 aliphatic heterocycles. The highest BCUT2D eigenvalue weighted by Crippen LogP contribution is 2.41. The molecule has 4 N–H and O–H groups in total. The van der Waals surface area contributed by atoms with E-state index in [-0.39, 0.29) is 24.5 Å². The number of hydroxylamine groups is 2. The van der Waals surface area contributed by atoms with Gasteiger partial charge >= 0.3 is 12.1 Å². The van der Waals surface area contributed by atoms with Crippen LogP contribution >= 0.6 is 0 Å². The molecule has 1 aromatic carbocycles. The number of nitrogens with one attached hydrogen (secondary N) is 2. The molecule has 4 rings (SSSR count). The van der Waals surface area contributed by atoms with E-state index >= 15 is 0 Å². The third-order valence-electron chi connectivity index (χ3n) is 8.91. The molecule has 3 saturated heterocycles. The van der Waals surface area contributed by atoms with Crippen molar-refractivity contribution in [3.63, 3.8) is 0 Å². The molecular weight excluding hydrogens is 639 g/mol. The Morgan fingerprint density at radius 2 is 1.75 bits per heavy atom. The highest BCUT2D eigenvalue weighted by molar-refractivity contribution is 5.99. The van der Waals surface area contributed by atoms with Gasteiger partial charge in [0.25, 0.3) is 0 Å². The van der Waals surface area contributed by atoms with Crippen molar-refractivity contribution >= 4 is 23.3 Å². The Morgan fingerprint density at radius 3 is 2.29 bits per heavy atom. The first kappa shape index (κ1) is 37.8. The molecule has 3 fully saturated rings. The number of carbonyl (C=O) groups is 3. The molecule has 0 spiro atoms. The molecular formula is C31H49F3N7O7+. The summed E-state index contributed by atoms with van der Waals surface area (Å²) in [7, 11) is 1.54. The quantitative estimate of drug-likeness (QED) is 0.231. The predicted octanol–water partition coefficient (Wildman–Crippen LogP) is 1.99. The molecule has 0 aromatic heterocycles. The maximum Gasteiger partial charge on any atom is 0.497 e. The van der Waals surface area contributed by atoms with Crippen molar-refractivity contribution in [1.82, 2.24) is 20.8 Å². The van der Waals surface area contributed by atoms with E-state index < -0.39 is 59.2 Å². The predicted molar refractivity (Wildman–Crippen MR) is 168 cm³/mol. The zero-order valence-corrected chi connectivity index (χ0v) is 28.7. The first-order valence-corrected chi connectivity index (χ1v) is 16.3. The second kappa shape index (κ2) is 14.8. The third-order valence-corrected chi connectivity index (χ3v) is 8.91. The number of halogens is 3. The van der Waals surface area contributed by atoms with Gasteiger partial charge in [0, 0.05) is 50.3 Å². The van der Waals surface area contributed by atoms with Gasteiger partial charge in [0.15, 0.2) is 6.29 Å². The van der Waals surface area contributed by atoms with Gasteiger partial charge in [-0.3, -0.25) is 15.3 Å². The normalized spacial score (nSPS) is 26.6. The van der Waals surface area contributed by atoms with Gasteiger partial charge < -0.3 is 24.0 Å². The lowest BCUT2D eigenvalue weighted by Gasteiger charge is -2.43. The Kier molecular flexibility index (Phi) is 11.7. The van der Waals surface area contributed by atoms with Crippen LogP contribution in [0.4, 0.5) is 18.9 Å². The van der Waals surface area contributed by atoms with Crippen LogP contribution in [0.2, 0.25) is 0 Å². The number of morpholine rings is 1. The SMILES string of the molecule is CCOC1NN2C(N)N[N+](CC(=O)c3cc(N4CCOCC4)c(OC)c(C(C)(C)C)c3)(OC(=O)C(F)(F)F)C2CC1C(=O)N(CC)CC. The maximum atomic E-state index is 14.3. The molecule has 1 amide bonds. The Morgan fingerprint density at radius 1 is 1.10 bits per heavy atom. The number of carbonyl (C=O) groups excluding carboxylic acids is 3. The van der Waals surface area contributed by atoms with Crippen LogP contribution in [0.1, 0.15) is 63.9 Å². The van der Waals surface area contributed by atoms with Crippen molar-refractivity contribution in [1.29, 1.82) is 0 Å². The molecule has 5 atom stereocenters. The number of ether oxygens (including phenoxy) is 3. The summed E-state index contributed by atoms with van der Waals surface area (Å²) in [5, 5.41) is 1.34. The number of fused-ring (bicyclic) bond motifs is 1. The Hall–Kier alpha value is -3.06. The van der Waals surface area contributed by atoms with Crippen molar-refractivity contribution in [3.05, 3.63) is 23.3 Å². The summed E-state index contributed by atoms with van der Waals surface area (Å²) in [6, 6.07) is 3.28. The standard InChI is InChI=1S/C31H49F3N7O7/c1-8-38(9-2)27(43)20-17-24-40(36-26(20)47-10-3)29(35)37-41(24,48-28(44)31(32,33)34)18-23(42)19-15-21(30(4,5)6)25(45-7)22(16-19)39-11-13-46-14-12-39/h15-16,20,24,26,29,36-37H,8-14,17-18,35H2,1-7H3/q+1. The fraction of sp³-hybridized carbons (Fsp3) is 0.710. The second-order valence-corrected chi connectivity index (χ2v) is 13.0. The number of nitrogens with zero attached hydrogens (tertiary/aromatic N) is 4. The van der Waals surface area contributed by atoms with Crippen LogP contribution in [0, 0.1) is 5.92 Å². The van der Waals surface area contributed by atoms with Crippen LogP contribution in [-0.2, 0) is 29.3 Å². The fourth-order valence-electron chi connectivity index (χ4n) is 6.49. The fourth-order valence-corrected chi connectivity index (χ4v) is 6.49. The molecule has 0 saturated carbocycles. The minimum Gasteiger partial charge on any atom is -0.494 e. The summed E-state index contributed by atoms with van der Waals surface area (Å²) in [4.78, 5) is 49.3. The monoisotopic (exact) mass is 688 g/mol. The summed E-state index contributed by atoms with van der Waals surface area (Å²) in [6.45, 7) is 13.4. The lowest BCUT2D eigenvalue weighted by molar-refractivity contribution is -1.13. The number of ketones is 1. The third kappa shape index (κ3) is 7.72. The van der Waals surface area contributed by atoms with Crippen molar-refractivity contribution < 1.29 is 51.4 Å². The largest absolute Gasteiger partial charge is 0.497 e. The number of quaternary nitrogens is 1.